The Balaban J connectivity index is 1.78. The first-order valence-corrected chi connectivity index (χ1v) is 6.38. The van der Waals surface area contributed by atoms with E-state index >= 15 is 0 Å². The average Bonchev–Trinajstić information content (AvgIpc) is 2.76. The lowest BCUT2D eigenvalue weighted by Crippen LogP contribution is -2.18. The van der Waals surface area contributed by atoms with Gasteiger partial charge in [0.1, 0.15) is 5.82 Å². The Labute approximate surface area is 111 Å². The second-order valence-corrected chi connectivity index (χ2v) is 5.05. The number of hydrogen-bond donors (Lipinski definition) is 1. The number of para-hydroxylation sites is 1. The van der Waals surface area contributed by atoms with Crippen molar-refractivity contribution in [2.24, 2.45) is 0 Å². The van der Waals surface area contributed by atoms with E-state index in [2.05, 4.69) is 17.4 Å². The largest absolute Gasteiger partial charge is 0.381 e. The van der Waals surface area contributed by atoms with Crippen LogP contribution in [0.4, 0.5) is 10.1 Å². The first kappa shape index (κ1) is 11.5. The molecule has 1 aliphatic rings. The maximum Gasteiger partial charge on any atom is 0.123 e. The summed E-state index contributed by atoms with van der Waals surface area (Å²) >= 11 is 6.09. The van der Waals surface area contributed by atoms with Crippen LogP contribution < -0.4 is 5.32 Å². The number of nitrogens with one attached hydrogen (secondary N) is 1. The lowest BCUT2D eigenvalue weighted by Gasteiger charge is -2.12. The van der Waals surface area contributed by atoms with Gasteiger partial charge >= 0.3 is 0 Å². The molecule has 0 aromatic heterocycles. The lowest BCUT2D eigenvalue weighted by atomic mass is 10.0. The van der Waals surface area contributed by atoms with Crippen molar-refractivity contribution in [1.82, 2.24) is 0 Å². The molecule has 1 aliphatic heterocycles. The van der Waals surface area contributed by atoms with Gasteiger partial charge in [0.25, 0.3) is 0 Å². The number of halogens is 2. The second-order valence-electron chi connectivity index (χ2n) is 4.64. The van der Waals surface area contributed by atoms with Crippen LogP contribution in [0.15, 0.2) is 42.5 Å². The maximum absolute atomic E-state index is 13.2. The Morgan fingerprint density at radius 3 is 2.89 bits per heavy atom. The van der Waals surface area contributed by atoms with E-state index in [-0.39, 0.29) is 5.82 Å². The maximum atomic E-state index is 13.2. The predicted octanol–water partition coefficient (Wildman–Crippen LogP) is 4.06. The Hall–Kier alpha value is -1.54. The number of hydrogen-bond acceptors (Lipinski definition) is 1. The minimum absolute atomic E-state index is 0.232. The van der Waals surface area contributed by atoms with Crippen LogP contribution in [0.3, 0.4) is 0 Å². The quantitative estimate of drug-likeness (QED) is 0.860. The third kappa shape index (κ3) is 2.21. The monoisotopic (exact) mass is 261 g/mol. The fourth-order valence-corrected chi connectivity index (χ4v) is 2.66. The van der Waals surface area contributed by atoms with E-state index in [4.69, 9.17) is 11.6 Å². The molecule has 0 aliphatic carbocycles. The molecule has 92 valence electrons. The zero-order chi connectivity index (χ0) is 12.5. The number of anilines is 1. The Bertz CT molecular complexity index is 557. The SMILES string of the molecule is Fc1ccc(Cl)c(CC2Cc3ccccc3N2)c1. The molecular weight excluding hydrogens is 249 g/mol. The van der Waals surface area contributed by atoms with Gasteiger partial charge in [0.2, 0.25) is 0 Å². The van der Waals surface area contributed by atoms with Crippen LogP contribution in [0.1, 0.15) is 11.1 Å². The minimum Gasteiger partial charge on any atom is -0.381 e. The molecule has 2 aromatic rings. The lowest BCUT2D eigenvalue weighted by molar-refractivity contribution is 0.623. The van der Waals surface area contributed by atoms with Gasteiger partial charge in [-0.05, 0) is 48.2 Å². The zero-order valence-electron chi connectivity index (χ0n) is 9.79. The Morgan fingerprint density at radius 2 is 2.06 bits per heavy atom. The summed E-state index contributed by atoms with van der Waals surface area (Å²) in [5.41, 5.74) is 3.35. The molecule has 1 unspecified atom stereocenters. The molecule has 0 spiro atoms. The van der Waals surface area contributed by atoms with Gasteiger partial charge in [-0.1, -0.05) is 29.8 Å². The summed E-state index contributed by atoms with van der Waals surface area (Å²) in [5.74, 6) is -0.232. The molecule has 0 fully saturated rings. The van der Waals surface area contributed by atoms with Crippen molar-refractivity contribution in [2.45, 2.75) is 18.9 Å². The third-order valence-corrected chi connectivity index (χ3v) is 3.69. The second kappa shape index (κ2) is 4.62. The van der Waals surface area contributed by atoms with E-state index < -0.39 is 0 Å². The molecule has 0 saturated carbocycles. The summed E-state index contributed by atoms with van der Waals surface area (Å²) in [6, 6.07) is 13.1. The van der Waals surface area contributed by atoms with Crippen molar-refractivity contribution < 1.29 is 4.39 Å². The van der Waals surface area contributed by atoms with E-state index in [1.807, 2.05) is 12.1 Å². The van der Waals surface area contributed by atoms with E-state index in [1.165, 1.54) is 23.4 Å². The van der Waals surface area contributed by atoms with Crippen LogP contribution in [0.2, 0.25) is 5.02 Å². The fourth-order valence-electron chi connectivity index (χ4n) is 2.46. The number of fused-ring (bicyclic) bond motifs is 1. The Kier molecular flexibility index (Phi) is 2.96. The van der Waals surface area contributed by atoms with Gasteiger partial charge in [0, 0.05) is 16.8 Å². The van der Waals surface area contributed by atoms with Crippen molar-refractivity contribution in [3.05, 3.63) is 64.4 Å². The molecule has 0 saturated heterocycles. The average molecular weight is 262 g/mol. The predicted molar refractivity (Wildman–Crippen MR) is 72.7 cm³/mol. The van der Waals surface area contributed by atoms with Crippen molar-refractivity contribution in [2.75, 3.05) is 5.32 Å². The molecule has 0 amide bonds. The molecular formula is C15H13ClFN. The van der Waals surface area contributed by atoms with Crippen molar-refractivity contribution in [3.8, 4) is 0 Å². The summed E-state index contributed by atoms with van der Waals surface area (Å²) < 4.78 is 13.2. The smallest absolute Gasteiger partial charge is 0.123 e. The summed E-state index contributed by atoms with van der Waals surface area (Å²) in [7, 11) is 0. The molecule has 1 heterocycles. The highest BCUT2D eigenvalue weighted by Gasteiger charge is 2.20. The number of rotatable bonds is 2. The van der Waals surface area contributed by atoms with Crippen LogP contribution >= 0.6 is 11.6 Å². The molecule has 2 aromatic carbocycles. The first-order chi connectivity index (χ1) is 8.72. The zero-order valence-corrected chi connectivity index (χ0v) is 10.5. The van der Waals surface area contributed by atoms with Crippen LogP contribution in [0.25, 0.3) is 0 Å². The highest BCUT2D eigenvalue weighted by Crippen LogP contribution is 2.28. The van der Waals surface area contributed by atoms with E-state index in [1.54, 1.807) is 6.07 Å². The van der Waals surface area contributed by atoms with E-state index in [0.717, 1.165) is 18.4 Å². The first-order valence-electron chi connectivity index (χ1n) is 6.01. The van der Waals surface area contributed by atoms with Crippen LogP contribution in [-0.4, -0.2) is 6.04 Å². The number of benzene rings is 2. The van der Waals surface area contributed by atoms with Crippen LogP contribution in [0.5, 0.6) is 0 Å². The van der Waals surface area contributed by atoms with Crippen LogP contribution in [-0.2, 0) is 12.8 Å². The third-order valence-electron chi connectivity index (χ3n) is 3.32. The minimum atomic E-state index is -0.232. The van der Waals surface area contributed by atoms with Crippen molar-refractivity contribution in [3.63, 3.8) is 0 Å². The highest BCUT2D eigenvalue weighted by atomic mass is 35.5. The normalized spacial score (nSPS) is 17.3. The van der Waals surface area contributed by atoms with Gasteiger partial charge in [-0.2, -0.15) is 0 Å². The van der Waals surface area contributed by atoms with Crippen molar-refractivity contribution in [1.29, 1.82) is 0 Å². The Morgan fingerprint density at radius 1 is 1.22 bits per heavy atom. The van der Waals surface area contributed by atoms with Gasteiger partial charge in [-0.15, -0.1) is 0 Å². The summed E-state index contributed by atoms with van der Waals surface area (Å²) in [6.45, 7) is 0. The van der Waals surface area contributed by atoms with Gasteiger partial charge in [-0.25, -0.2) is 4.39 Å². The summed E-state index contributed by atoms with van der Waals surface area (Å²) in [6.07, 6.45) is 1.70. The van der Waals surface area contributed by atoms with E-state index in [9.17, 15) is 4.39 Å². The fraction of sp³-hybridized carbons (Fsp3) is 0.200. The standard InChI is InChI=1S/C15H13ClFN/c16-14-6-5-12(17)7-11(14)9-13-8-10-3-1-2-4-15(10)18-13/h1-7,13,18H,8-9H2. The summed E-state index contributed by atoms with van der Waals surface area (Å²) in [5, 5.41) is 4.08. The van der Waals surface area contributed by atoms with Gasteiger partial charge < -0.3 is 5.32 Å². The topological polar surface area (TPSA) is 12.0 Å². The summed E-state index contributed by atoms with van der Waals surface area (Å²) in [4.78, 5) is 0. The molecule has 3 heteroatoms. The van der Waals surface area contributed by atoms with Gasteiger partial charge in [0.05, 0.1) is 0 Å². The molecule has 1 atom stereocenters. The van der Waals surface area contributed by atoms with Crippen LogP contribution in [0, 0.1) is 5.82 Å². The molecule has 1 N–H and O–H groups in total. The van der Waals surface area contributed by atoms with Crippen molar-refractivity contribution >= 4 is 17.3 Å². The molecule has 3 rings (SSSR count). The molecule has 1 nitrogen and oxygen atoms in total. The van der Waals surface area contributed by atoms with Gasteiger partial charge in [-0.3, -0.25) is 0 Å². The molecule has 0 radical (unpaired) electrons. The van der Waals surface area contributed by atoms with Gasteiger partial charge in [0.15, 0.2) is 0 Å². The molecule has 0 bridgehead atoms. The highest BCUT2D eigenvalue weighted by molar-refractivity contribution is 6.31. The van der Waals surface area contributed by atoms with E-state index in [0.29, 0.717) is 11.1 Å². The molecule has 18 heavy (non-hydrogen) atoms.